The lowest BCUT2D eigenvalue weighted by atomic mass is 9.69. The van der Waals surface area contributed by atoms with Gasteiger partial charge in [-0.25, -0.2) is 4.79 Å². The summed E-state index contributed by atoms with van der Waals surface area (Å²) in [6, 6.07) is 10.5. The van der Waals surface area contributed by atoms with Gasteiger partial charge in [-0.2, -0.15) is 4.98 Å². The Hall–Kier alpha value is -3.22. The van der Waals surface area contributed by atoms with Crippen LogP contribution in [0.1, 0.15) is 37.7 Å². The number of ether oxygens (including phenoxy) is 2. The van der Waals surface area contributed by atoms with Crippen LogP contribution in [0, 0.1) is 6.57 Å². The van der Waals surface area contributed by atoms with Gasteiger partial charge in [0, 0.05) is 25.8 Å². The zero-order valence-electron chi connectivity index (χ0n) is 20.1. The molecule has 1 aromatic carbocycles. The highest BCUT2D eigenvalue weighted by molar-refractivity contribution is 5.96. The molecule has 1 N–H and O–H groups in total. The van der Waals surface area contributed by atoms with Gasteiger partial charge in [0.05, 0.1) is 19.2 Å². The summed E-state index contributed by atoms with van der Waals surface area (Å²) in [4.78, 5) is 29.0. The second-order valence-corrected chi connectivity index (χ2v) is 8.97. The molecule has 2 aromatic rings. The first-order valence-corrected chi connectivity index (χ1v) is 11.6. The van der Waals surface area contributed by atoms with E-state index in [1.807, 2.05) is 18.0 Å². The Labute approximate surface area is 200 Å². The Morgan fingerprint density at radius 2 is 1.91 bits per heavy atom. The standard InChI is InChI=1S/C25H32N6O3/c1-26-22-28-17-20(21(29-22)34-4)30-18-24(31(23(30)32)15-8-16-33-3)11-13-25(27-2,14-12-24)19-9-6-5-7-10-19/h5-7,9-10,17,27H,8,11-16,18H2,2-4H3. The Kier molecular flexibility index (Phi) is 7.00. The van der Waals surface area contributed by atoms with Crippen molar-refractivity contribution in [1.82, 2.24) is 20.2 Å². The molecule has 0 unspecified atom stereocenters. The summed E-state index contributed by atoms with van der Waals surface area (Å²) in [6.07, 6.45) is 5.84. The van der Waals surface area contributed by atoms with E-state index < -0.39 is 0 Å². The first-order chi connectivity index (χ1) is 16.5. The van der Waals surface area contributed by atoms with Crippen molar-refractivity contribution in [2.45, 2.75) is 43.2 Å². The van der Waals surface area contributed by atoms with Crippen molar-refractivity contribution in [2.24, 2.45) is 0 Å². The minimum absolute atomic E-state index is 0.00163. The first kappa shape index (κ1) is 23.9. The number of rotatable bonds is 8. The van der Waals surface area contributed by atoms with Gasteiger partial charge in [0.25, 0.3) is 0 Å². The summed E-state index contributed by atoms with van der Waals surface area (Å²) in [7, 11) is 5.19. The second kappa shape index (κ2) is 9.95. The Balaban J connectivity index is 1.65. The second-order valence-electron chi connectivity index (χ2n) is 8.97. The minimum Gasteiger partial charge on any atom is -0.468 e. The summed E-state index contributed by atoms with van der Waals surface area (Å²) in [5.41, 5.74) is 1.37. The van der Waals surface area contributed by atoms with E-state index in [9.17, 15) is 4.79 Å². The SMILES string of the molecule is [C-]#[N+]c1ncc(N2CC3(CCC(NC)(c4ccccc4)CC3)N(CCCOC)C2=O)c(OC)n1. The van der Waals surface area contributed by atoms with Crippen LogP contribution in [-0.2, 0) is 10.3 Å². The van der Waals surface area contributed by atoms with E-state index in [0.717, 1.165) is 32.1 Å². The van der Waals surface area contributed by atoms with Gasteiger partial charge in [0.15, 0.2) is 5.69 Å². The van der Waals surface area contributed by atoms with E-state index in [0.29, 0.717) is 25.4 Å². The number of methoxy groups -OCH3 is 2. The fraction of sp³-hybridized carbons (Fsp3) is 0.520. The first-order valence-electron chi connectivity index (χ1n) is 11.6. The van der Waals surface area contributed by atoms with E-state index in [1.54, 1.807) is 12.0 Å². The Morgan fingerprint density at radius 1 is 1.18 bits per heavy atom. The average molecular weight is 465 g/mol. The largest absolute Gasteiger partial charge is 0.468 e. The van der Waals surface area contributed by atoms with Crippen molar-refractivity contribution < 1.29 is 14.3 Å². The zero-order chi connectivity index (χ0) is 24.2. The maximum Gasteiger partial charge on any atom is 0.374 e. The van der Waals surface area contributed by atoms with E-state index in [1.165, 1.54) is 18.9 Å². The third kappa shape index (κ3) is 4.19. The highest BCUT2D eigenvalue weighted by Crippen LogP contribution is 2.48. The van der Waals surface area contributed by atoms with Gasteiger partial charge in [-0.3, -0.25) is 4.90 Å². The molecule has 1 saturated carbocycles. The van der Waals surface area contributed by atoms with Crippen molar-refractivity contribution in [3.63, 3.8) is 0 Å². The average Bonchev–Trinajstić information content (AvgIpc) is 3.16. The molecule has 2 amide bonds. The lowest BCUT2D eigenvalue weighted by molar-refractivity contribution is 0.0722. The fourth-order valence-electron chi connectivity index (χ4n) is 5.43. The molecule has 2 aliphatic rings. The third-order valence-electron chi connectivity index (χ3n) is 7.36. The van der Waals surface area contributed by atoms with Crippen LogP contribution < -0.4 is 15.0 Å². The minimum atomic E-state index is -0.302. The van der Waals surface area contributed by atoms with E-state index in [4.69, 9.17) is 16.0 Å². The van der Waals surface area contributed by atoms with E-state index >= 15 is 0 Å². The molecule has 4 rings (SSSR count). The number of hydrogen-bond donors (Lipinski definition) is 1. The maximum atomic E-state index is 13.7. The van der Waals surface area contributed by atoms with Gasteiger partial charge in [0.2, 0.25) is 0 Å². The summed E-state index contributed by atoms with van der Waals surface area (Å²) in [5, 5.41) is 3.59. The molecule has 0 radical (unpaired) electrons. The van der Waals surface area contributed by atoms with Crippen LogP contribution >= 0.6 is 0 Å². The number of urea groups is 1. The maximum absolute atomic E-state index is 13.7. The summed E-state index contributed by atoms with van der Waals surface area (Å²) in [6.45, 7) is 8.92. The van der Waals surface area contributed by atoms with Crippen LogP contribution in [0.25, 0.3) is 4.85 Å². The van der Waals surface area contributed by atoms with Gasteiger partial charge in [0.1, 0.15) is 6.20 Å². The lowest BCUT2D eigenvalue weighted by Crippen LogP contribution is -2.55. The number of nitrogens with one attached hydrogen (secondary N) is 1. The molecule has 1 aliphatic carbocycles. The third-order valence-corrected chi connectivity index (χ3v) is 7.36. The van der Waals surface area contributed by atoms with Gasteiger partial charge < -0.3 is 24.5 Å². The van der Waals surface area contributed by atoms with Crippen molar-refractivity contribution >= 4 is 17.7 Å². The number of aromatic nitrogens is 2. The number of amides is 2. The van der Waals surface area contributed by atoms with Crippen molar-refractivity contribution in [1.29, 1.82) is 0 Å². The van der Waals surface area contributed by atoms with Gasteiger partial charge in [-0.05, 0) is 44.7 Å². The molecular weight excluding hydrogens is 432 g/mol. The van der Waals surface area contributed by atoms with E-state index in [-0.39, 0.29) is 28.9 Å². The predicted octanol–water partition coefficient (Wildman–Crippen LogP) is 3.74. The fourth-order valence-corrected chi connectivity index (χ4v) is 5.43. The molecule has 2 heterocycles. The highest BCUT2D eigenvalue weighted by atomic mass is 16.5. The zero-order valence-corrected chi connectivity index (χ0v) is 20.1. The van der Waals surface area contributed by atoms with Gasteiger partial charge in [-0.15, -0.1) is 11.6 Å². The Morgan fingerprint density at radius 3 is 2.53 bits per heavy atom. The molecule has 0 bridgehead atoms. The molecule has 180 valence electrons. The van der Waals surface area contributed by atoms with Gasteiger partial charge in [-0.1, -0.05) is 30.3 Å². The topological polar surface area (TPSA) is 84.2 Å². The summed E-state index contributed by atoms with van der Waals surface area (Å²) < 4.78 is 10.7. The molecule has 9 heteroatoms. The number of carbonyl (C=O) groups excluding carboxylic acids is 1. The quantitative estimate of drug-likeness (QED) is 0.473. The molecule has 1 aromatic heterocycles. The number of carbonyl (C=O) groups is 1. The van der Waals surface area contributed by atoms with Crippen molar-refractivity contribution in [3.05, 3.63) is 53.5 Å². The number of nitrogens with zero attached hydrogens (tertiary/aromatic N) is 5. The van der Waals surface area contributed by atoms with E-state index in [2.05, 4.69) is 44.4 Å². The molecule has 1 saturated heterocycles. The number of benzene rings is 1. The van der Waals surface area contributed by atoms with Gasteiger partial charge >= 0.3 is 17.9 Å². The molecule has 1 spiro atoms. The predicted molar refractivity (Wildman–Crippen MR) is 129 cm³/mol. The normalized spacial score (nSPS) is 24.5. The van der Waals surface area contributed by atoms with Crippen molar-refractivity contribution in [2.75, 3.05) is 45.9 Å². The van der Waals surface area contributed by atoms with Crippen LogP contribution in [-0.4, -0.2) is 67.4 Å². The van der Waals surface area contributed by atoms with Crippen LogP contribution in [0.2, 0.25) is 0 Å². The molecule has 34 heavy (non-hydrogen) atoms. The number of anilines is 1. The molecule has 0 atom stereocenters. The van der Waals surface area contributed by atoms with Crippen LogP contribution in [0.15, 0.2) is 36.5 Å². The molecule has 9 nitrogen and oxygen atoms in total. The Bertz CT molecular complexity index is 1050. The summed E-state index contributed by atoms with van der Waals surface area (Å²) in [5.74, 6) is 0.242. The highest BCUT2D eigenvalue weighted by Gasteiger charge is 2.54. The smallest absolute Gasteiger partial charge is 0.374 e. The molecular formula is C25H32N6O3. The number of hydrogen-bond acceptors (Lipinski definition) is 6. The molecule has 2 fully saturated rings. The molecule has 1 aliphatic heterocycles. The lowest BCUT2D eigenvalue weighted by Gasteiger charge is -2.48. The monoisotopic (exact) mass is 464 g/mol. The van der Waals surface area contributed by atoms with Crippen LogP contribution in [0.4, 0.5) is 16.4 Å². The summed E-state index contributed by atoms with van der Waals surface area (Å²) >= 11 is 0. The van der Waals surface area contributed by atoms with Crippen LogP contribution in [0.3, 0.4) is 0 Å². The van der Waals surface area contributed by atoms with Crippen molar-refractivity contribution in [3.8, 4) is 5.88 Å². The van der Waals surface area contributed by atoms with Crippen LogP contribution in [0.5, 0.6) is 5.88 Å².